The summed E-state index contributed by atoms with van der Waals surface area (Å²) >= 11 is 0. The first-order valence-corrected chi connectivity index (χ1v) is 10.5. The normalized spacial score (nSPS) is 14.0. The lowest BCUT2D eigenvalue weighted by molar-refractivity contribution is 0.295. The van der Waals surface area contributed by atoms with Gasteiger partial charge in [-0.2, -0.15) is 10.2 Å². The highest BCUT2D eigenvalue weighted by molar-refractivity contribution is 5.66. The van der Waals surface area contributed by atoms with Crippen molar-refractivity contribution < 1.29 is 9.47 Å². The highest BCUT2D eigenvalue weighted by Gasteiger charge is 2.11. The van der Waals surface area contributed by atoms with Crippen LogP contribution in [0.2, 0.25) is 0 Å². The molecule has 9 nitrogen and oxygen atoms in total. The molecule has 0 aliphatic carbocycles. The fourth-order valence-electron chi connectivity index (χ4n) is 3.32. The van der Waals surface area contributed by atoms with E-state index in [1.165, 1.54) is 6.20 Å². The number of nitrogens with zero attached hydrogens (tertiary/aromatic N) is 3. The first kappa shape index (κ1) is 21.9. The van der Waals surface area contributed by atoms with Crippen molar-refractivity contribution in [3.8, 4) is 17.6 Å². The lowest BCUT2D eigenvalue weighted by Crippen LogP contribution is -2.27. The molecule has 5 rings (SSSR count). The molecule has 168 valence electrons. The van der Waals surface area contributed by atoms with Crippen molar-refractivity contribution in [2.24, 2.45) is 0 Å². The molecule has 0 radical (unpaired) electrons. The lowest BCUT2D eigenvalue weighted by Gasteiger charge is -2.15. The van der Waals surface area contributed by atoms with E-state index in [0.29, 0.717) is 55.1 Å². The summed E-state index contributed by atoms with van der Waals surface area (Å²) in [5, 5.41) is 22.5. The van der Waals surface area contributed by atoms with E-state index in [9.17, 15) is 5.26 Å². The molecule has 0 amide bonds. The van der Waals surface area contributed by atoms with E-state index in [2.05, 4.69) is 43.9 Å². The summed E-state index contributed by atoms with van der Waals surface area (Å²) in [6.45, 7) is 6.41. The van der Waals surface area contributed by atoms with Gasteiger partial charge in [0.05, 0.1) is 13.3 Å². The monoisotopic (exact) mass is 443 g/mol. The Morgan fingerprint density at radius 1 is 1.12 bits per heavy atom. The number of benzene rings is 2. The summed E-state index contributed by atoms with van der Waals surface area (Å²) in [5.74, 6) is 1.98. The van der Waals surface area contributed by atoms with Crippen molar-refractivity contribution in [1.29, 1.82) is 5.26 Å². The van der Waals surface area contributed by atoms with E-state index in [0.717, 1.165) is 22.6 Å². The van der Waals surface area contributed by atoms with Crippen molar-refractivity contribution in [1.82, 2.24) is 20.6 Å². The Morgan fingerprint density at radius 2 is 2.00 bits per heavy atom. The van der Waals surface area contributed by atoms with Crippen LogP contribution >= 0.6 is 0 Å². The third kappa shape index (κ3) is 5.70. The predicted molar refractivity (Wildman–Crippen MR) is 127 cm³/mol. The SMILES string of the molecule is C=C1CNCc2cccc(c2)Nc2nc(ncc2C#N)Nc2ccc(c(OC)c2)OCCN1. The van der Waals surface area contributed by atoms with Crippen LogP contribution in [0.4, 0.5) is 23.1 Å². The molecule has 3 heterocycles. The molecule has 2 aromatic carbocycles. The largest absolute Gasteiger partial charge is 0.493 e. The van der Waals surface area contributed by atoms with Gasteiger partial charge in [-0.05, 0) is 29.8 Å². The highest BCUT2D eigenvalue weighted by atomic mass is 16.5. The van der Waals surface area contributed by atoms with Crippen LogP contribution in [0.25, 0.3) is 0 Å². The van der Waals surface area contributed by atoms with Gasteiger partial charge in [0.1, 0.15) is 18.2 Å². The summed E-state index contributed by atoms with van der Waals surface area (Å²) in [5.41, 5.74) is 3.85. The fraction of sp³-hybridized carbons (Fsp3) is 0.208. The molecule has 3 aromatic rings. The van der Waals surface area contributed by atoms with Gasteiger partial charge in [-0.25, -0.2) is 4.98 Å². The molecule has 4 N–H and O–H groups in total. The summed E-state index contributed by atoms with van der Waals surface area (Å²) < 4.78 is 11.3. The molecule has 9 heteroatoms. The molecule has 33 heavy (non-hydrogen) atoms. The van der Waals surface area contributed by atoms with Crippen molar-refractivity contribution in [3.63, 3.8) is 0 Å². The van der Waals surface area contributed by atoms with Gasteiger partial charge >= 0.3 is 0 Å². The van der Waals surface area contributed by atoms with E-state index in [1.54, 1.807) is 7.11 Å². The number of fused-ring (bicyclic) bond motifs is 9. The van der Waals surface area contributed by atoms with E-state index in [1.807, 2.05) is 42.5 Å². The molecule has 2 aliphatic rings. The van der Waals surface area contributed by atoms with Crippen LogP contribution in [0.5, 0.6) is 11.5 Å². The molecular weight excluding hydrogens is 418 g/mol. The summed E-state index contributed by atoms with van der Waals surface area (Å²) in [6, 6.07) is 15.5. The minimum atomic E-state index is 0.343. The van der Waals surface area contributed by atoms with Gasteiger partial charge < -0.3 is 30.7 Å². The number of rotatable bonds is 1. The van der Waals surface area contributed by atoms with Gasteiger partial charge in [0.15, 0.2) is 17.3 Å². The minimum Gasteiger partial charge on any atom is -0.493 e. The van der Waals surface area contributed by atoms with Crippen LogP contribution in [-0.2, 0) is 6.54 Å². The third-order valence-corrected chi connectivity index (χ3v) is 4.92. The van der Waals surface area contributed by atoms with Gasteiger partial charge in [0.2, 0.25) is 5.95 Å². The number of ether oxygens (including phenoxy) is 2. The molecule has 6 bridgehead atoms. The van der Waals surface area contributed by atoms with Crippen molar-refractivity contribution in [2.75, 3.05) is 37.4 Å². The van der Waals surface area contributed by atoms with E-state index in [4.69, 9.17) is 9.47 Å². The smallest absolute Gasteiger partial charge is 0.229 e. The van der Waals surface area contributed by atoms with Crippen molar-refractivity contribution in [2.45, 2.75) is 6.54 Å². The second-order valence-electron chi connectivity index (χ2n) is 7.37. The number of anilines is 4. The molecule has 0 spiro atoms. The Morgan fingerprint density at radius 3 is 2.85 bits per heavy atom. The van der Waals surface area contributed by atoms with Crippen LogP contribution in [0, 0.1) is 11.3 Å². The average molecular weight is 444 g/mol. The Bertz CT molecular complexity index is 1190. The molecule has 0 atom stereocenters. The first-order valence-electron chi connectivity index (χ1n) is 10.5. The topological polar surface area (TPSA) is 116 Å². The number of hydrogen-bond donors (Lipinski definition) is 4. The van der Waals surface area contributed by atoms with Crippen molar-refractivity contribution in [3.05, 3.63) is 72.1 Å². The highest BCUT2D eigenvalue weighted by Crippen LogP contribution is 2.31. The fourth-order valence-corrected chi connectivity index (χ4v) is 3.32. The maximum atomic E-state index is 9.51. The third-order valence-electron chi connectivity index (χ3n) is 4.92. The van der Waals surface area contributed by atoms with E-state index >= 15 is 0 Å². The van der Waals surface area contributed by atoms with Crippen molar-refractivity contribution >= 4 is 23.1 Å². The average Bonchev–Trinajstić information content (AvgIpc) is 2.82. The maximum absolute atomic E-state index is 9.51. The Balaban J connectivity index is 1.67. The second kappa shape index (κ2) is 10.3. The molecule has 0 unspecified atom stereocenters. The molecule has 0 fully saturated rings. The standard InChI is InChI=1S/C24H25N7O2/c1-16-13-26-14-17-4-3-5-19(10-17)29-23-18(12-25)15-28-24(31-23)30-20-6-7-21(22(11-20)32-2)33-9-8-27-16/h3-7,10-11,15,26-27H,1,8-9,13-14H2,2H3,(H2,28,29,30,31). The summed E-state index contributed by atoms with van der Waals surface area (Å²) in [6.07, 6.45) is 1.49. The van der Waals surface area contributed by atoms with Gasteiger partial charge in [-0.3, -0.25) is 0 Å². The molecule has 0 saturated carbocycles. The van der Waals surface area contributed by atoms with Gasteiger partial charge in [0, 0.05) is 42.8 Å². The maximum Gasteiger partial charge on any atom is 0.229 e. The molecule has 1 aromatic heterocycles. The van der Waals surface area contributed by atoms with Crippen LogP contribution in [-0.4, -0.2) is 36.8 Å². The summed E-state index contributed by atoms with van der Waals surface area (Å²) in [7, 11) is 1.59. The zero-order chi connectivity index (χ0) is 23.0. The van der Waals surface area contributed by atoms with E-state index in [-0.39, 0.29) is 0 Å². The number of hydrogen-bond acceptors (Lipinski definition) is 9. The first-order chi connectivity index (χ1) is 16.1. The van der Waals surface area contributed by atoms with Gasteiger partial charge in [-0.15, -0.1) is 0 Å². The number of nitriles is 1. The van der Waals surface area contributed by atoms with Crippen LogP contribution < -0.4 is 30.7 Å². The predicted octanol–water partition coefficient (Wildman–Crippen LogP) is 3.43. The quantitative estimate of drug-likeness (QED) is 0.420. The molecule has 0 saturated heterocycles. The number of nitrogens with one attached hydrogen (secondary N) is 4. The molecular formula is C24H25N7O2. The zero-order valence-corrected chi connectivity index (χ0v) is 18.3. The van der Waals surface area contributed by atoms with Crippen LogP contribution in [0.1, 0.15) is 11.1 Å². The van der Waals surface area contributed by atoms with Gasteiger partial charge in [0.25, 0.3) is 0 Å². The second-order valence-corrected chi connectivity index (χ2v) is 7.37. The van der Waals surface area contributed by atoms with Gasteiger partial charge in [-0.1, -0.05) is 18.7 Å². The zero-order valence-electron chi connectivity index (χ0n) is 18.3. The molecule has 2 aliphatic heterocycles. The Hall–Kier alpha value is -4.29. The Kier molecular flexibility index (Phi) is 6.87. The van der Waals surface area contributed by atoms with Crippen LogP contribution in [0.15, 0.2) is 60.9 Å². The minimum absolute atomic E-state index is 0.343. The van der Waals surface area contributed by atoms with Crippen LogP contribution in [0.3, 0.4) is 0 Å². The lowest BCUT2D eigenvalue weighted by atomic mass is 10.2. The van der Waals surface area contributed by atoms with E-state index < -0.39 is 0 Å². The Labute approximate surface area is 192 Å². The number of methoxy groups -OCH3 is 1. The summed E-state index contributed by atoms with van der Waals surface area (Å²) in [4.78, 5) is 8.77. The number of aromatic nitrogens is 2.